The van der Waals surface area contributed by atoms with Gasteiger partial charge >= 0.3 is 0 Å². The summed E-state index contributed by atoms with van der Waals surface area (Å²) in [6.07, 6.45) is 3.53. The molecule has 1 saturated heterocycles. The topological polar surface area (TPSA) is 64.2 Å². The number of carbonyl (C=O) groups excluding carboxylic acids is 1. The zero-order valence-electron chi connectivity index (χ0n) is 13.2. The van der Waals surface area contributed by atoms with Crippen LogP contribution in [0.4, 0.5) is 0 Å². The number of hydrogen-bond acceptors (Lipinski definition) is 5. The summed E-state index contributed by atoms with van der Waals surface area (Å²) in [6.45, 7) is 1.08. The minimum absolute atomic E-state index is 0.0907. The summed E-state index contributed by atoms with van der Waals surface area (Å²) in [4.78, 5) is 14.0. The average molecular weight is 419 g/mol. The molecule has 0 spiro atoms. The number of amides is 1. The molecule has 4 rings (SSSR count). The fraction of sp³-hybridized carbons (Fsp3) is 0.235. The van der Waals surface area contributed by atoms with Crippen molar-refractivity contribution < 1.29 is 9.21 Å². The molecule has 1 atom stereocenters. The van der Waals surface area contributed by atoms with Crippen LogP contribution in [0.5, 0.6) is 0 Å². The van der Waals surface area contributed by atoms with Gasteiger partial charge in [0.05, 0.1) is 31.3 Å². The molecular formula is C17H15BrN4O2S. The first-order valence-electron chi connectivity index (χ1n) is 7.77. The molecule has 128 valence electrons. The molecular weight excluding hydrogens is 404 g/mol. The van der Waals surface area contributed by atoms with Gasteiger partial charge in [0.2, 0.25) is 5.91 Å². The number of furan rings is 1. The monoisotopic (exact) mass is 418 g/mol. The number of halogens is 1. The van der Waals surface area contributed by atoms with Crippen LogP contribution in [0.2, 0.25) is 0 Å². The van der Waals surface area contributed by atoms with Crippen molar-refractivity contribution in [1.82, 2.24) is 19.9 Å². The van der Waals surface area contributed by atoms with E-state index in [2.05, 4.69) is 32.3 Å². The maximum atomic E-state index is 12.2. The molecule has 8 heteroatoms. The van der Waals surface area contributed by atoms with Gasteiger partial charge in [-0.15, -0.1) is 16.9 Å². The highest BCUT2D eigenvalue weighted by Crippen LogP contribution is 2.38. The molecule has 1 aliphatic heterocycles. The first-order valence-corrected chi connectivity index (χ1v) is 9.61. The summed E-state index contributed by atoms with van der Waals surface area (Å²) >= 11 is 5.04. The number of thioether (sulfide) groups is 1. The molecule has 2 aromatic heterocycles. The predicted octanol–water partition coefficient (Wildman–Crippen LogP) is 3.46. The molecule has 0 radical (unpaired) electrons. The summed E-state index contributed by atoms with van der Waals surface area (Å²) < 4.78 is 8.21. The molecule has 0 bridgehead atoms. The Morgan fingerprint density at radius 2 is 2.20 bits per heavy atom. The number of nitrogens with zero attached hydrogens (tertiary/aromatic N) is 4. The van der Waals surface area contributed by atoms with Crippen molar-refractivity contribution in [3.05, 3.63) is 70.3 Å². The second-order valence-corrected chi connectivity index (χ2v) is 7.72. The van der Waals surface area contributed by atoms with Crippen molar-refractivity contribution in [1.29, 1.82) is 0 Å². The van der Waals surface area contributed by atoms with Crippen LogP contribution >= 0.6 is 27.7 Å². The van der Waals surface area contributed by atoms with E-state index in [1.807, 2.05) is 36.5 Å². The Kier molecular flexibility index (Phi) is 4.63. The fourth-order valence-electron chi connectivity index (χ4n) is 2.77. The molecule has 0 aliphatic carbocycles. The molecule has 0 unspecified atom stereocenters. The van der Waals surface area contributed by atoms with Gasteiger partial charge in [-0.3, -0.25) is 4.79 Å². The van der Waals surface area contributed by atoms with Crippen LogP contribution in [-0.2, 0) is 17.9 Å². The maximum Gasteiger partial charge on any atom is 0.234 e. The first kappa shape index (κ1) is 16.4. The molecule has 3 aromatic rings. The van der Waals surface area contributed by atoms with Gasteiger partial charge in [-0.2, -0.15) is 0 Å². The third kappa shape index (κ3) is 3.64. The molecule has 1 aliphatic rings. The lowest BCUT2D eigenvalue weighted by atomic mass is 10.2. The molecule has 3 heterocycles. The fourth-order valence-corrected chi connectivity index (χ4v) is 4.33. The van der Waals surface area contributed by atoms with Crippen molar-refractivity contribution in [2.24, 2.45) is 0 Å². The highest BCUT2D eigenvalue weighted by molar-refractivity contribution is 9.10. The van der Waals surface area contributed by atoms with E-state index >= 15 is 0 Å². The highest BCUT2D eigenvalue weighted by Gasteiger charge is 2.35. The minimum atomic E-state index is -0.131. The van der Waals surface area contributed by atoms with Crippen molar-refractivity contribution in [2.75, 3.05) is 5.75 Å². The van der Waals surface area contributed by atoms with Crippen molar-refractivity contribution >= 4 is 33.6 Å². The molecule has 1 amide bonds. The average Bonchev–Trinajstić information content (AvgIpc) is 3.31. The van der Waals surface area contributed by atoms with Crippen LogP contribution < -0.4 is 0 Å². The van der Waals surface area contributed by atoms with Crippen LogP contribution in [0.25, 0.3) is 0 Å². The molecule has 0 saturated carbocycles. The van der Waals surface area contributed by atoms with E-state index in [-0.39, 0.29) is 11.3 Å². The largest absolute Gasteiger partial charge is 0.467 e. The summed E-state index contributed by atoms with van der Waals surface area (Å²) in [5.74, 6) is 1.31. The normalized spacial score (nSPS) is 17.4. The molecule has 25 heavy (non-hydrogen) atoms. The van der Waals surface area contributed by atoms with Crippen molar-refractivity contribution in [2.45, 2.75) is 18.5 Å². The van der Waals surface area contributed by atoms with Crippen LogP contribution in [-0.4, -0.2) is 31.6 Å². The maximum absolute atomic E-state index is 12.2. The third-order valence-electron chi connectivity index (χ3n) is 3.92. The molecule has 6 nitrogen and oxygen atoms in total. The third-order valence-corrected chi connectivity index (χ3v) is 5.64. The number of aromatic nitrogens is 3. The number of rotatable bonds is 5. The zero-order valence-corrected chi connectivity index (χ0v) is 15.6. The van der Waals surface area contributed by atoms with Gasteiger partial charge in [0.25, 0.3) is 0 Å². The Hall–Kier alpha value is -2.06. The SMILES string of the molecule is O=C1CS[C@@H](c2cn(Cc3cccc(Br)c3)nn2)N1Cc1ccco1. The number of carbonyl (C=O) groups is 1. The highest BCUT2D eigenvalue weighted by atomic mass is 79.9. The van der Waals surface area contributed by atoms with E-state index in [0.29, 0.717) is 18.8 Å². The lowest BCUT2D eigenvalue weighted by Crippen LogP contribution is -2.27. The molecule has 1 aromatic carbocycles. The van der Waals surface area contributed by atoms with E-state index in [0.717, 1.165) is 21.5 Å². The van der Waals surface area contributed by atoms with Crippen molar-refractivity contribution in [3.8, 4) is 0 Å². The van der Waals surface area contributed by atoms with E-state index in [9.17, 15) is 4.79 Å². The van der Waals surface area contributed by atoms with Crippen LogP contribution in [0.3, 0.4) is 0 Å². The Morgan fingerprint density at radius 1 is 1.28 bits per heavy atom. The standard InChI is InChI=1S/C17H15BrN4O2S/c18-13-4-1-3-12(7-13)8-21-10-15(19-20-21)17-22(16(23)11-25-17)9-14-5-2-6-24-14/h1-7,10,17H,8-9,11H2/t17-/m0/s1. The van der Waals surface area contributed by atoms with Crippen molar-refractivity contribution in [3.63, 3.8) is 0 Å². The van der Waals surface area contributed by atoms with Gasteiger partial charge in [0.1, 0.15) is 16.8 Å². The summed E-state index contributed by atoms with van der Waals surface area (Å²) in [5.41, 5.74) is 1.92. The molecule has 0 N–H and O–H groups in total. The van der Waals surface area contributed by atoms with Gasteiger partial charge in [0, 0.05) is 4.47 Å². The van der Waals surface area contributed by atoms with Crippen LogP contribution in [0.1, 0.15) is 22.4 Å². The van der Waals surface area contributed by atoms with E-state index in [4.69, 9.17) is 4.42 Å². The lowest BCUT2D eigenvalue weighted by Gasteiger charge is -2.20. The second kappa shape index (κ2) is 7.05. The smallest absolute Gasteiger partial charge is 0.234 e. The van der Waals surface area contributed by atoms with E-state index < -0.39 is 0 Å². The zero-order chi connectivity index (χ0) is 17.2. The van der Waals surface area contributed by atoms with E-state index in [1.165, 1.54) is 0 Å². The lowest BCUT2D eigenvalue weighted by molar-refractivity contribution is -0.128. The van der Waals surface area contributed by atoms with E-state index in [1.54, 1.807) is 27.6 Å². The summed E-state index contributed by atoms with van der Waals surface area (Å²) in [5, 5.41) is 8.37. The minimum Gasteiger partial charge on any atom is -0.467 e. The predicted molar refractivity (Wildman–Crippen MR) is 97.7 cm³/mol. The first-order chi connectivity index (χ1) is 12.2. The second-order valence-electron chi connectivity index (χ2n) is 5.74. The van der Waals surface area contributed by atoms with Gasteiger partial charge in [-0.05, 0) is 29.8 Å². The number of hydrogen-bond donors (Lipinski definition) is 0. The summed E-state index contributed by atoms with van der Waals surface area (Å²) in [7, 11) is 0. The van der Waals surface area contributed by atoms with Gasteiger partial charge < -0.3 is 9.32 Å². The van der Waals surface area contributed by atoms with Crippen LogP contribution in [0.15, 0.2) is 57.7 Å². The van der Waals surface area contributed by atoms with Crippen LogP contribution in [0, 0.1) is 0 Å². The van der Waals surface area contributed by atoms with Gasteiger partial charge in [-0.1, -0.05) is 33.3 Å². The summed E-state index contributed by atoms with van der Waals surface area (Å²) in [6, 6.07) is 11.8. The Bertz CT molecular complexity index is 880. The number of benzene rings is 1. The quantitative estimate of drug-likeness (QED) is 0.634. The van der Waals surface area contributed by atoms with Gasteiger partial charge in [0.15, 0.2) is 0 Å². The Labute approximate surface area is 157 Å². The van der Waals surface area contributed by atoms with Gasteiger partial charge in [-0.25, -0.2) is 4.68 Å². The Balaban J connectivity index is 1.51. The molecule has 1 fully saturated rings. The Morgan fingerprint density at radius 3 is 3.00 bits per heavy atom.